The molecule has 27 heavy (non-hydrogen) atoms. The maximum atomic E-state index is 13.7. The second-order valence-corrected chi connectivity index (χ2v) is 5.30. The first kappa shape index (κ1) is 20.3. The predicted octanol–water partition coefficient (Wildman–Crippen LogP) is 3.84. The Morgan fingerprint density at radius 3 is 2.26 bits per heavy atom. The van der Waals surface area contributed by atoms with Gasteiger partial charge in [-0.25, -0.2) is 17.6 Å². The van der Waals surface area contributed by atoms with Crippen molar-refractivity contribution in [2.75, 3.05) is 26.1 Å². The van der Waals surface area contributed by atoms with E-state index in [1.165, 1.54) is 14.2 Å². The van der Waals surface area contributed by atoms with Crippen LogP contribution in [0.1, 0.15) is 12.5 Å². The molecule has 0 radical (unpaired) electrons. The van der Waals surface area contributed by atoms with Gasteiger partial charge in [0.25, 0.3) is 0 Å². The van der Waals surface area contributed by atoms with Gasteiger partial charge in [0.1, 0.15) is 0 Å². The number of anilines is 1. The summed E-state index contributed by atoms with van der Waals surface area (Å²) in [5.74, 6) is -4.70. The summed E-state index contributed by atoms with van der Waals surface area (Å²) in [6.07, 6.45) is 0. The first-order valence-electron chi connectivity index (χ1n) is 8.01. The Bertz CT molecular complexity index is 818. The average molecular weight is 385 g/mol. The maximum absolute atomic E-state index is 13.7. The lowest BCUT2D eigenvalue weighted by Gasteiger charge is -2.15. The molecule has 0 aromatic heterocycles. The lowest BCUT2D eigenvalue weighted by Crippen LogP contribution is -2.31. The van der Waals surface area contributed by atoms with Crippen LogP contribution in [-0.4, -0.2) is 26.7 Å². The van der Waals surface area contributed by atoms with Crippen LogP contribution in [0.3, 0.4) is 0 Å². The van der Waals surface area contributed by atoms with Crippen molar-refractivity contribution in [3.8, 4) is 11.5 Å². The van der Waals surface area contributed by atoms with Gasteiger partial charge in [-0.15, -0.1) is 0 Å². The molecular weight excluding hydrogens is 366 g/mol. The Morgan fingerprint density at radius 2 is 1.70 bits per heavy atom. The van der Waals surface area contributed by atoms with Crippen molar-refractivity contribution in [2.24, 2.45) is 4.99 Å². The summed E-state index contributed by atoms with van der Waals surface area (Å²) in [6, 6.07) is 5.16. The number of aliphatic imine (C=N–C) groups is 1. The van der Waals surface area contributed by atoms with Crippen LogP contribution in [0.15, 0.2) is 29.3 Å². The van der Waals surface area contributed by atoms with Gasteiger partial charge in [-0.3, -0.25) is 4.99 Å². The van der Waals surface area contributed by atoms with Crippen LogP contribution in [0.2, 0.25) is 0 Å². The van der Waals surface area contributed by atoms with Gasteiger partial charge in [-0.2, -0.15) is 0 Å². The molecule has 146 valence electrons. The zero-order chi connectivity index (χ0) is 20.0. The summed E-state index contributed by atoms with van der Waals surface area (Å²) in [5, 5.41) is 5.49. The highest BCUT2D eigenvalue weighted by molar-refractivity contribution is 5.93. The Labute approximate surface area is 154 Å². The SMILES string of the molecule is CCOc1cc(NC(=NC)NCc2c(F)c(F)cc(F)c2F)ccc1OC. The number of hydrogen-bond donors (Lipinski definition) is 2. The van der Waals surface area contributed by atoms with E-state index in [9.17, 15) is 17.6 Å². The Balaban J connectivity index is 2.15. The fourth-order valence-corrected chi connectivity index (χ4v) is 2.29. The summed E-state index contributed by atoms with van der Waals surface area (Å²) in [6.45, 7) is 1.73. The number of nitrogens with one attached hydrogen (secondary N) is 2. The summed E-state index contributed by atoms with van der Waals surface area (Å²) in [7, 11) is 2.94. The monoisotopic (exact) mass is 385 g/mol. The third-order valence-corrected chi connectivity index (χ3v) is 3.59. The molecule has 0 fully saturated rings. The smallest absolute Gasteiger partial charge is 0.195 e. The third-order valence-electron chi connectivity index (χ3n) is 3.59. The van der Waals surface area contributed by atoms with Crippen LogP contribution >= 0.6 is 0 Å². The number of nitrogens with zero attached hydrogens (tertiary/aromatic N) is 1. The zero-order valence-electron chi connectivity index (χ0n) is 15.0. The van der Waals surface area contributed by atoms with Crippen molar-refractivity contribution >= 4 is 11.6 Å². The Kier molecular flexibility index (Phi) is 6.86. The highest BCUT2D eigenvalue weighted by Crippen LogP contribution is 2.30. The van der Waals surface area contributed by atoms with E-state index in [0.29, 0.717) is 23.8 Å². The first-order chi connectivity index (χ1) is 12.9. The quantitative estimate of drug-likeness (QED) is 0.343. The average Bonchev–Trinajstić information content (AvgIpc) is 2.66. The van der Waals surface area contributed by atoms with E-state index in [1.54, 1.807) is 18.2 Å². The lowest BCUT2D eigenvalue weighted by atomic mass is 10.2. The number of hydrogen-bond acceptors (Lipinski definition) is 3. The molecule has 0 amide bonds. The van der Waals surface area contributed by atoms with Gasteiger partial charge >= 0.3 is 0 Å². The highest BCUT2D eigenvalue weighted by Gasteiger charge is 2.19. The number of rotatable bonds is 6. The first-order valence-corrected chi connectivity index (χ1v) is 8.01. The maximum Gasteiger partial charge on any atom is 0.195 e. The van der Waals surface area contributed by atoms with E-state index in [4.69, 9.17) is 9.47 Å². The molecule has 0 heterocycles. The van der Waals surface area contributed by atoms with Crippen LogP contribution in [0.4, 0.5) is 23.2 Å². The van der Waals surface area contributed by atoms with E-state index in [0.717, 1.165) is 0 Å². The molecule has 2 rings (SSSR count). The van der Waals surface area contributed by atoms with E-state index < -0.39 is 35.4 Å². The van der Waals surface area contributed by atoms with Crippen molar-refractivity contribution in [1.29, 1.82) is 0 Å². The van der Waals surface area contributed by atoms with Crippen LogP contribution in [0.5, 0.6) is 11.5 Å². The third kappa shape index (κ3) is 4.81. The van der Waals surface area contributed by atoms with Crippen molar-refractivity contribution in [3.05, 3.63) is 53.1 Å². The minimum absolute atomic E-state index is 0.131. The lowest BCUT2D eigenvalue weighted by molar-refractivity contribution is 0.311. The van der Waals surface area contributed by atoms with Gasteiger partial charge in [0.15, 0.2) is 40.7 Å². The van der Waals surface area contributed by atoms with Gasteiger partial charge in [0, 0.05) is 37.0 Å². The Hall–Kier alpha value is -2.97. The Morgan fingerprint density at radius 1 is 1.04 bits per heavy atom. The molecule has 5 nitrogen and oxygen atoms in total. The van der Waals surface area contributed by atoms with Crippen LogP contribution in [0.25, 0.3) is 0 Å². The minimum Gasteiger partial charge on any atom is -0.493 e. The summed E-state index contributed by atoms with van der Waals surface area (Å²) >= 11 is 0. The summed E-state index contributed by atoms with van der Waals surface area (Å²) < 4.78 is 64.7. The van der Waals surface area contributed by atoms with E-state index in [2.05, 4.69) is 15.6 Å². The zero-order valence-corrected chi connectivity index (χ0v) is 15.0. The van der Waals surface area contributed by atoms with Crippen LogP contribution < -0.4 is 20.1 Å². The predicted molar refractivity (Wildman–Crippen MR) is 94.3 cm³/mol. The van der Waals surface area contributed by atoms with E-state index >= 15 is 0 Å². The van der Waals surface area contributed by atoms with Gasteiger partial charge in [-0.05, 0) is 19.1 Å². The highest BCUT2D eigenvalue weighted by atomic mass is 19.2. The second kappa shape index (κ2) is 9.11. The molecule has 0 atom stereocenters. The fourth-order valence-electron chi connectivity index (χ4n) is 2.29. The number of benzene rings is 2. The molecule has 0 unspecified atom stereocenters. The molecule has 0 aliphatic rings. The molecule has 0 aliphatic heterocycles. The molecule has 0 bridgehead atoms. The van der Waals surface area contributed by atoms with Crippen molar-refractivity contribution in [1.82, 2.24) is 5.32 Å². The normalized spacial score (nSPS) is 11.3. The minimum atomic E-state index is -1.47. The van der Waals surface area contributed by atoms with Crippen molar-refractivity contribution in [2.45, 2.75) is 13.5 Å². The molecule has 0 saturated heterocycles. The molecule has 2 N–H and O–H groups in total. The number of ether oxygens (including phenoxy) is 2. The number of halogens is 4. The van der Waals surface area contributed by atoms with Gasteiger partial charge < -0.3 is 20.1 Å². The van der Waals surface area contributed by atoms with E-state index in [-0.39, 0.29) is 12.0 Å². The molecule has 2 aromatic carbocycles. The van der Waals surface area contributed by atoms with Gasteiger partial charge in [0.05, 0.1) is 13.7 Å². The molecule has 0 spiro atoms. The van der Waals surface area contributed by atoms with Crippen molar-refractivity contribution in [3.63, 3.8) is 0 Å². The largest absolute Gasteiger partial charge is 0.493 e. The van der Waals surface area contributed by atoms with Gasteiger partial charge in [0.2, 0.25) is 0 Å². The van der Waals surface area contributed by atoms with Crippen LogP contribution in [-0.2, 0) is 6.54 Å². The summed E-state index contributed by atoms with van der Waals surface area (Å²) in [4.78, 5) is 3.91. The summed E-state index contributed by atoms with van der Waals surface area (Å²) in [5.41, 5.74) is -0.209. The van der Waals surface area contributed by atoms with Crippen molar-refractivity contribution < 1.29 is 27.0 Å². The topological polar surface area (TPSA) is 54.9 Å². The fraction of sp³-hybridized carbons (Fsp3) is 0.278. The molecule has 0 saturated carbocycles. The molecular formula is C18H19F4N3O2. The van der Waals surface area contributed by atoms with Crippen LogP contribution in [0, 0.1) is 23.3 Å². The standard InChI is InChI=1S/C18H19F4N3O2/c1-4-27-15-7-10(5-6-14(15)26-3)25-18(23-2)24-9-11-16(21)12(19)8-13(20)17(11)22/h5-8H,4,9H2,1-3H3,(H2,23,24,25). The molecule has 0 aliphatic carbocycles. The second-order valence-electron chi connectivity index (χ2n) is 5.30. The van der Waals surface area contributed by atoms with Gasteiger partial charge in [-0.1, -0.05) is 0 Å². The number of guanidine groups is 1. The molecule has 2 aromatic rings. The molecule has 9 heteroatoms. The van der Waals surface area contributed by atoms with E-state index in [1.807, 2.05) is 6.92 Å². The number of methoxy groups -OCH3 is 1.